The Labute approximate surface area is 166 Å². The maximum atomic E-state index is 13.3. The highest BCUT2D eigenvalue weighted by Gasteiger charge is 2.38. The van der Waals surface area contributed by atoms with Crippen molar-refractivity contribution in [2.75, 3.05) is 19.6 Å². The summed E-state index contributed by atoms with van der Waals surface area (Å²) >= 11 is 0. The molecule has 2 aromatic rings. The summed E-state index contributed by atoms with van der Waals surface area (Å²) in [5.74, 6) is 1.31. The van der Waals surface area contributed by atoms with Gasteiger partial charge in [-0.3, -0.25) is 9.59 Å². The molecule has 2 aliphatic rings. The van der Waals surface area contributed by atoms with Crippen molar-refractivity contribution in [2.45, 2.75) is 52.5 Å². The number of carbonyl (C=O) groups excluding carboxylic acids is 2. The number of carbonyl (C=O) groups is 2. The molecule has 4 rings (SSSR count). The molecule has 6 heteroatoms. The van der Waals surface area contributed by atoms with Gasteiger partial charge in [0.05, 0.1) is 17.1 Å². The fourth-order valence-corrected chi connectivity index (χ4v) is 4.48. The van der Waals surface area contributed by atoms with Gasteiger partial charge in [-0.15, -0.1) is 0 Å². The SMILES string of the molecule is CC(C)(C)C(=O)N1CCC(C(=O)N2CCCC2c2nc3ccccc3[nH]2)CC1. The molecule has 1 unspecified atom stereocenters. The molecule has 0 radical (unpaired) electrons. The number of imidazole rings is 1. The molecule has 150 valence electrons. The normalized spacial score (nSPS) is 21.5. The van der Waals surface area contributed by atoms with Gasteiger partial charge in [0.2, 0.25) is 11.8 Å². The highest BCUT2D eigenvalue weighted by atomic mass is 16.2. The van der Waals surface area contributed by atoms with E-state index in [-0.39, 0.29) is 29.2 Å². The van der Waals surface area contributed by atoms with E-state index in [1.165, 1.54) is 0 Å². The van der Waals surface area contributed by atoms with E-state index in [2.05, 4.69) is 4.98 Å². The number of H-pyrrole nitrogens is 1. The topological polar surface area (TPSA) is 69.3 Å². The van der Waals surface area contributed by atoms with Gasteiger partial charge in [-0.1, -0.05) is 32.9 Å². The van der Waals surface area contributed by atoms with E-state index in [0.717, 1.165) is 49.1 Å². The summed E-state index contributed by atoms with van der Waals surface area (Å²) in [5.41, 5.74) is 1.61. The van der Waals surface area contributed by atoms with Crippen molar-refractivity contribution in [2.24, 2.45) is 11.3 Å². The van der Waals surface area contributed by atoms with E-state index < -0.39 is 0 Å². The molecular weight excluding hydrogens is 352 g/mol. The number of hydrogen-bond donors (Lipinski definition) is 1. The number of fused-ring (bicyclic) bond motifs is 1. The first kappa shape index (κ1) is 19.0. The van der Waals surface area contributed by atoms with Gasteiger partial charge in [0.15, 0.2) is 0 Å². The molecule has 3 heterocycles. The van der Waals surface area contributed by atoms with E-state index in [1.807, 2.05) is 54.8 Å². The Kier molecular flexibility index (Phi) is 4.89. The minimum absolute atomic E-state index is 0.00833. The summed E-state index contributed by atoms with van der Waals surface area (Å²) in [7, 11) is 0. The van der Waals surface area contributed by atoms with E-state index in [9.17, 15) is 9.59 Å². The van der Waals surface area contributed by atoms with Gasteiger partial charge in [-0.2, -0.15) is 0 Å². The van der Waals surface area contributed by atoms with E-state index in [0.29, 0.717) is 13.1 Å². The summed E-state index contributed by atoms with van der Waals surface area (Å²) in [6, 6.07) is 8.04. The first-order valence-corrected chi connectivity index (χ1v) is 10.4. The number of para-hydroxylation sites is 2. The fraction of sp³-hybridized carbons (Fsp3) is 0.591. The Morgan fingerprint density at radius 2 is 1.79 bits per heavy atom. The third kappa shape index (κ3) is 3.52. The Morgan fingerprint density at radius 1 is 1.07 bits per heavy atom. The summed E-state index contributed by atoms with van der Waals surface area (Å²) < 4.78 is 0. The van der Waals surface area contributed by atoms with Crippen LogP contribution in [0, 0.1) is 11.3 Å². The number of aromatic amines is 1. The molecule has 2 saturated heterocycles. The molecule has 28 heavy (non-hydrogen) atoms. The molecule has 1 aromatic carbocycles. The van der Waals surface area contributed by atoms with Crippen LogP contribution < -0.4 is 0 Å². The summed E-state index contributed by atoms with van der Waals surface area (Å²) in [6.45, 7) is 8.01. The van der Waals surface area contributed by atoms with Crippen LogP contribution in [-0.4, -0.2) is 51.2 Å². The predicted molar refractivity (Wildman–Crippen MR) is 109 cm³/mol. The minimum atomic E-state index is -0.363. The Bertz CT molecular complexity index is 841. The average Bonchev–Trinajstić information content (AvgIpc) is 3.32. The third-order valence-electron chi connectivity index (χ3n) is 6.03. The average molecular weight is 383 g/mol. The lowest BCUT2D eigenvalue weighted by Gasteiger charge is -2.37. The van der Waals surface area contributed by atoms with Crippen LogP contribution in [0.1, 0.15) is 58.3 Å². The van der Waals surface area contributed by atoms with Gasteiger partial charge in [0.1, 0.15) is 5.82 Å². The van der Waals surface area contributed by atoms with Gasteiger partial charge < -0.3 is 14.8 Å². The highest BCUT2D eigenvalue weighted by Crippen LogP contribution is 2.34. The van der Waals surface area contributed by atoms with Crippen LogP contribution in [0.4, 0.5) is 0 Å². The number of aromatic nitrogens is 2. The Hall–Kier alpha value is -2.37. The molecule has 2 aliphatic heterocycles. The first-order chi connectivity index (χ1) is 13.3. The van der Waals surface area contributed by atoms with Crippen LogP contribution in [0.25, 0.3) is 11.0 Å². The molecule has 1 N–H and O–H groups in total. The maximum absolute atomic E-state index is 13.3. The quantitative estimate of drug-likeness (QED) is 0.864. The van der Waals surface area contributed by atoms with Gasteiger partial charge in [0.25, 0.3) is 0 Å². The number of benzene rings is 1. The third-order valence-corrected chi connectivity index (χ3v) is 6.03. The largest absolute Gasteiger partial charge is 0.342 e. The van der Waals surface area contributed by atoms with Crippen LogP contribution in [0.5, 0.6) is 0 Å². The zero-order chi connectivity index (χ0) is 19.9. The van der Waals surface area contributed by atoms with Crippen molar-refractivity contribution in [1.29, 1.82) is 0 Å². The molecule has 2 amide bonds. The van der Waals surface area contributed by atoms with E-state index in [1.54, 1.807) is 0 Å². The number of hydrogen-bond acceptors (Lipinski definition) is 3. The zero-order valence-corrected chi connectivity index (χ0v) is 17.1. The molecule has 6 nitrogen and oxygen atoms in total. The first-order valence-electron chi connectivity index (χ1n) is 10.4. The Morgan fingerprint density at radius 3 is 2.46 bits per heavy atom. The number of likely N-dealkylation sites (tertiary alicyclic amines) is 2. The highest BCUT2D eigenvalue weighted by molar-refractivity contribution is 5.83. The van der Waals surface area contributed by atoms with Gasteiger partial charge in [0, 0.05) is 31.0 Å². The number of nitrogens with one attached hydrogen (secondary N) is 1. The second kappa shape index (κ2) is 7.22. The van der Waals surface area contributed by atoms with Crippen molar-refractivity contribution in [1.82, 2.24) is 19.8 Å². The molecule has 0 spiro atoms. The van der Waals surface area contributed by atoms with Crippen molar-refractivity contribution in [3.63, 3.8) is 0 Å². The van der Waals surface area contributed by atoms with Crippen molar-refractivity contribution in [3.8, 4) is 0 Å². The lowest BCUT2D eigenvalue weighted by molar-refractivity contribution is -0.145. The van der Waals surface area contributed by atoms with Gasteiger partial charge in [-0.05, 0) is 37.8 Å². The van der Waals surface area contributed by atoms with Crippen LogP contribution in [0.2, 0.25) is 0 Å². The second-order valence-corrected chi connectivity index (χ2v) is 9.15. The number of amides is 2. The number of piperidine rings is 1. The second-order valence-electron chi connectivity index (χ2n) is 9.15. The number of rotatable bonds is 2. The van der Waals surface area contributed by atoms with Crippen LogP contribution in [0.3, 0.4) is 0 Å². The Balaban J connectivity index is 1.44. The standard InChI is InChI=1S/C22H30N4O2/c1-22(2,3)21(28)25-13-10-15(11-14-25)20(27)26-12-6-9-18(26)19-23-16-7-4-5-8-17(16)24-19/h4-5,7-8,15,18H,6,9-14H2,1-3H3,(H,23,24). The fourth-order valence-electron chi connectivity index (χ4n) is 4.48. The molecule has 1 atom stereocenters. The van der Waals surface area contributed by atoms with Crippen molar-refractivity contribution < 1.29 is 9.59 Å². The van der Waals surface area contributed by atoms with Crippen molar-refractivity contribution in [3.05, 3.63) is 30.1 Å². The maximum Gasteiger partial charge on any atom is 0.227 e. The lowest BCUT2D eigenvalue weighted by Crippen LogP contribution is -2.47. The summed E-state index contributed by atoms with van der Waals surface area (Å²) in [4.78, 5) is 37.8. The van der Waals surface area contributed by atoms with Crippen LogP contribution in [-0.2, 0) is 9.59 Å². The minimum Gasteiger partial charge on any atom is -0.342 e. The number of nitrogens with zero attached hydrogens (tertiary/aromatic N) is 3. The van der Waals surface area contributed by atoms with Crippen LogP contribution >= 0.6 is 0 Å². The molecule has 2 fully saturated rings. The van der Waals surface area contributed by atoms with Crippen LogP contribution in [0.15, 0.2) is 24.3 Å². The van der Waals surface area contributed by atoms with E-state index in [4.69, 9.17) is 4.98 Å². The van der Waals surface area contributed by atoms with Crippen molar-refractivity contribution >= 4 is 22.8 Å². The monoisotopic (exact) mass is 382 g/mol. The predicted octanol–water partition coefficient (Wildman–Crippen LogP) is 3.51. The zero-order valence-electron chi connectivity index (χ0n) is 17.1. The molecule has 1 aromatic heterocycles. The summed E-state index contributed by atoms with van der Waals surface area (Å²) in [5, 5.41) is 0. The summed E-state index contributed by atoms with van der Waals surface area (Å²) in [6.07, 6.45) is 3.47. The molecule has 0 saturated carbocycles. The smallest absolute Gasteiger partial charge is 0.227 e. The van der Waals surface area contributed by atoms with E-state index >= 15 is 0 Å². The van der Waals surface area contributed by atoms with Gasteiger partial charge >= 0.3 is 0 Å². The lowest BCUT2D eigenvalue weighted by atomic mass is 9.90. The molecule has 0 bridgehead atoms. The molecular formula is C22H30N4O2. The molecule has 0 aliphatic carbocycles. The van der Waals surface area contributed by atoms with Gasteiger partial charge in [-0.25, -0.2) is 4.98 Å².